The van der Waals surface area contributed by atoms with Gasteiger partial charge in [-0.05, 0) is 64.6 Å². The summed E-state index contributed by atoms with van der Waals surface area (Å²) in [5, 5.41) is 2.72. The van der Waals surface area contributed by atoms with E-state index in [-0.39, 0.29) is 35.1 Å². The predicted octanol–water partition coefficient (Wildman–Crippen LogP) is 2.42. The predicted molar refractivity (Wildman–Crippen MR) is 130 cm³/mol. The molecule has 0 unspecified atom stereocenters. The van der Waals surface area contributed by atoms with Crippen molar-refractivity contribution >= 4 is 21.7 Å². The van der Waals surface area contributed by atoms with E-state index in [1.807, 2.05) is 24.8 Å². The first-order chi connectivity index (χ1) is 15.3. The van der Waals surface area contributed by atoms with E-state index in [2.05, 4.69) is 48.6 Å². The van der Waals surface area contributed by atoms with E-state index in [4.69, 9.17) is 0 Å². The number of hydrogen-bond acceptors (Lipinski definition) is 5. The van der Waals surface area contributed by atoms with Crippen LogP contribution in [0.4, 0.5) is 0 Å². The van der Waals surface area contributed by atoms with Gasteiger partial charge >= 0.3 is 0 Å². The van der Waals surface area contributed by atoms with Gasteiger partial charge in [0.05, 0.1) is 11.2 Å². The smallest absolute Gasteiger partial charge is 0.227 e. The van der Waals surface area contributed by atoms with Gasteiger partial charge in [0.2, 0.25) is 11.8 Å². The Bertz CT molecular complexity index is 965. The average Bonchev–Trinajstić information content (AvgIpc) is 3.02. The van der Waals surface area contributed by atoms with Crippen LogP contribution >= 0.6 is 0 Å². The molecule has 1 heterocycles. The fourth-order valence-electron chi connectivity index (χ4n) is 5.54. The Morgan fingerprint density at radius 3 is 2.27 bits per heavy atom. The number of rotatable bonds is 8. The molecule has 1 aliphatic heterocycles. The first-order valence-electron chi connectivity index (χ1n) is 11.8. The van der Waals surface area contributed by atoms with E-state index in [0.29, 0.717) is 19.5 Å². The van der Waals surface area contributed by atoms with Gasteiger partial charge in [0, 0.05) is 37.8 Å². The molecule has 1 saturated heterocycles. The first kappa shape index (κ1) is 25.7. The molecule has 1 spiro atoms. The first-order valence-corrected chi connectivity index (χ1v) is 13.8. The third-order valence-electron chi connectivity index (χ3n) is 7.67. The lowest BCUT2D eigenvalue weighted by Crippen LogP contribution is -2.48. The Kier molecular flexibility index (Phi) is 7.30. The van der Waals surface area contributed by atoms with Gasteiger partial charge in [-0.2, -0.15) is 0 Å². The second kappa shape index (κ2) is 9.37. The second-order valence-electron chi connectivity index (χ2n) is 11.0. The number of carbonyl (C=O) groups excluding carboxylic acids is 2. The van der Waals surface area contributed by atoms with Gasteiger partial charge in [-0.3, -0.25) is 14.5 Å². The third kappa shape index (κ3) is 5.77. The monoisotopic (exact) mass is 477 g/mol. The molecule has 1 N–H and O–H groups in total. The van der Waals surface area contributed by atoms with Crippen molar-refractivity contribution in [3.8, 4) is 0 Å². The lowest BCUT2D eigenvalue weighted by Gasteiger charge is -2.49. The zero-order chi connectivity index (χ0) is 24.5. The van der Waals surface area contributed by atoms with Crippen molar-refractivity contribution < 1.29 is 18.0 Å². The minimum absolute atomic E-state index is 0.0122. The zero-order valence-corrected chi connectivity index (χ0v) is 21.5. The van der Waals surface area contributed by atoms with Gasteiger partial charge in [0.15, 0.2) is 0 Å². The maximum Gasteiger partial charge on any atom is 0.227 e. The van der Waals surface area contributed by atoms with E-state index in [1.54, 1.807) is 0 Å². The van der Waals surface area contributed by atoms with Crippen LogP contribution in [-0.2, 0) is 25.0 Å². The standard InChI is InChI=1S/C25H39N3O4S/c1-23(2,22(30)26-15-16-33(5,31)32)18-28-19-24(17-21(28)29)11-13-25(14-12-24,27(3)4)20-9-7-6-8-10-20/h6-10H,11-19H2,1-5H3,(H,26,30). The molecule has 1 aromatic carbocycles. The van der Waals surface area contributed by atoms with Crippen LogP contribution in [0.15, 0.2) is 30.3 Å². The van der Waals surface area contributed by atoms with Crippen LogP contribution in [0.1, 0.15) is 51.5 Å². The Hall–Kier alpha value is -1.93. The minimum Gasteiger partial charge on any atom is -0.355 e. The summed E-state index contributed by atoms with van der Waals surface area (Å²) in [4.78, 5) is 29.8. The molecule has 33 heavy (non-hydrogen) atoms. The molecule has 2 aliphatic rings. The highest BCUT2D eigenvalue weighted by atomic mass is 32.2. The lowest BCUT2D eigenvalue weighted by atomic mass is 9.64. The van der Waals surface area contributed by atoms with Crippen molar-refractivity contribution in [2.45, 2.75) is 51.5 Å². The molecule has 184 valence electrons. The molecule has 8 heteroatoms. The quantitative estimate of drug-likeness (QED) is 0.621. The van der Waals surface area contributed by atoms with Crippen molar-refractivity contribution in [2.24, 2.45) is 10.8 Å². The fraction of sp³-hybridized carbons (Fsp3) is 0.680. The SMILES string of the molecule is CN(C)C1(c2ccccc2)CCC2(CC1)CC(=O)N(CC(C)(C)C(=O)NCCS(C)(=O)=O)C2. The number of hydrogen-bond donors (Lipinski definition) is 1. The topological polar surface area (TPSA) is 86.8 Å². The van der Waals surface area contributed by atoms with Crippen LogP contribution in [0.3, 0.4) is 0 Å². The van der Waals surface area contributed by atoms with Gasteiger partial charge in [-0.1, -0.05) is 30.3 Å². The largest absolute Gasteiger partial charge is 0.355 e. The number of carbonyl (C=O) groups is 2. The summed E-state index contributed by atoms with van der Waals surface area (Å²) in [5.41, 5.74) is 0.499. The number of amides is 2. The third-order valence-corrected chi connectivity index (χ3v) is 8.62. The van der Waals surface area contributed by atoms with Crippen LogP contribution in [0.5, 0.6) is 0 Å². The van der Waals surface area contributed by atoms with Crippen molar-refractivity contribution in [3.63, 3.8) is 0 Å². The molecule has 3 rings (SSSR count). The number of nitrogens with one attached hydrogen (secondary N) is 1. The lowest BCUT2D eigenvalue weighted by molar-refractivity contribution is -0.134. The van der Waals surface area contributed by atoms with Crippen molar-refractivity contribution in [1.29, 1.82) is 0 Å². The average molecular weight is 478 g/mol. The summed E-state index contributed by atoms with van der Waals surface area (Å²) < 4.78 is 22.7. The molecule has 1 aliphatic carbocycles. The van der Waals surface area contributed by atoms with E-state index in [0.717, 1.165) is 31.9 Å². The minimum atomic E-state index is -3.13. The summed E-state index contributed by atoms with van der Waals surface area (Å²) in [6, 6.07) is 10.6. The molecule has 1 saturated carbocycles. The van der Waals surface area contributed by atoms with E-state index >= 15 is 0 Å². The highest BCUT2D eigenvalue weighted by Crippen LogP contribution is 2.52. The number of sulfone groups is 1. The molecule has 0 atom stereocenters. The summed E-state index contributed by atoms with van der Waals surface area (Å²) >= 11 is 0. The van der Waals surface area contributed by atoms with Crippen LogP contribution in [0.25, 0.3) is 0 Å². The van der Waals surface area contributed by atoms with Gasteiger partial charge in [0.25, 0.3) is 0 Å². The molecular formula is C25H39N3O4S. The fourth-order valence-corrected chi connectivity index (χ4v) is 6.01. The Balaban J connectivity index is 1.64. The van der Waals surface area contributed by atoms with Crippen molar-refractivity contribution in [1.82, 2.24) is 15.1 Å². The van der Waals surface area contributed by atoms with E-state index < -0.39 is 15.3 Å². The van der Waals surface area contributed by atoms with Crippen LogP contribution < -0.4 is 5.32 Å². The summed E-state index contributed by atoms with van der Waals surface area (Å²) in [5.74, 6) is -0.196. The van der Waals surface area contributed by atoms with Crippen molar-refractivity contribution in [3.05, 3.63) is 35.9 Å². The summed E-state index contributed by atoms with van der Waals surface area (Å²) in [6.45, 7) is 4.74. The van der Waals surface area contributed by atoms with Gasteiger partial charge in [0.1, 0.15) is 9.84 Å². The zero-order valence-electron chi connectivity index (χ0n) is 20.7. The number of likely N-dealkylation sites (tertiary alicyclic amines) is 1. The van der Waals surface area contributed by atoms with Crippen LogP contribution in [0.2, 0.25) is 0 Å². The van der Waals surface area contributed by atoms with Gasteiger partial charge < -0.3 is 10.2 Å². The maximum absolute atomic E-state index is 13.0. The number of benzene rings is 1. The molecule has 7 nitrogen and oxygen atoms in total. The molecule has 0 bridgehead atoms. The molecule has 2 fully saturated rings. The Morgan fingerprint density at radius 2 is 1.73 bits per heavy atom. The van der Waals surface area contributed by atoms with E-state index in [9.17, 15) is 18.0 Å². The van der Waals surface area contributed by atoms with E-state index in [1.165, 1.54) is 5.56 Å². The van der Waals surface area contributed by atoms with Gasteiger partial charge in [-0.25, -0.2) is 8.42 Å². The van der Waals surface area contributed by atoms with Crippen LogP contribution in [0, 0.1) is 10.8 Å². The van der Waals surface area contributed by atoms with Gasteiger partial charge in [-0.15, -0.1) is 0 Å². The Morgan fingerprint density at radius 1 is 1.12 bits per heavy atom. The summed E-state index contributed by atoms with van der Waals surface area (Å²) in [7, 11) is 1.15. The molecule has 2 amide bonds. The highest BCUT2D eigenvalue weighted by Gasteiger charge is 2.51. The van der Waals surface area contributed by atoms with Crippen molar-refractivity contribution in [2.75, 3.05) is 45.7 Å². The summed E-state index contributed by atoms with van der Waals surface area (Å²) in [6.07, 6.45) is 5.64. The molecule has 0 radical (unpaired) electrons. The normalized spacial score (nSPS) is 26.2. The maximum atomic E-state index is 13.0. The molecular weight excluding hydrogens is 438 g/mol. The second-order valence-corrected chi connectivity index (χ2v) is 13.2. The molecule has 1 aromatic rings. The highest BCUT2D eigenvalue weighted by molar-refractivity contribution is 7.90. The Labute approximate surface area is 198 Å². The molecule has 0 aromatic heterocycles. The number of nitrogens with zero attached hydrogens (tertiary/aromatic N) is 2. The van der Waals surface area contributed by atoms with Crippen LogP contribution in [-0.4, -0.2) is 75.8 Å².